The van der Waals surface area contributed by atoms with Gasteiger partial charge >= 0.3 is 0 Å². The number of nitrogens with zero attached hydrogens (tertiary/aromatic N) is 2. The number of anilines is 1. The monoisotopic (exact) mass is 478 g/mol. The highest BCUT2D eigenvalue weighted by atomic mass is 16.5. The van der Waals surface area contributed by atoms with Crippen LogP contribution in [-0.2, 0) is 11.4 Å². The maximum atomic E-state index is 13.6. The summed E-state index contributed by atoms with van der Waals surface area (Å²) in [5.74, 6) is 0.444. The SMILES string of the molecule is C[C@@H]1CCC[C@H](C)N1CCCCCN1C(=O)C(c2cccc(C(=N)N)c2)Oc2ccc(CO)cc21. The smallest absolute Gasteiger partial charge is 0.272 e. The first-order valence-electron chi connectivity index (χ1n) is 12.8. The number of unbranched alkanes of at least 4 members (excludes halogenated alkanes) is 2. The predicted octanol–water partition coefficient (Wildman–Crippen LogP) is 4.36. The van der Waals surface area contributed by atoms with Gasteiger partial charge in [0.25, 0.3) is 5.91 Å². The number of nitrogens with two attached hydrogens (primary N) is 1. The first-order valence-corrected chi connectivity index (χ1v) is 12.8. The molecule has 0 saturated carbocycles. The highest BCUT2D eigenvalue weighted by molar-refractivity contribution is 6.01. The van der Waals surface area contributed by atoms with Gasteiger partial charge < -0.3 is 20.5 Å². The lowest BCUT2D eigenvalue weighted by Gasteiger charge is -2.39. The molecule has 1 unspecified atom stereocenters. The Balaban J connectivity index is 1.47. The molecule has 1 amide bonds. The molecular weight excluding hydrogens is 440 g/mol. The van der Waals surface area contributed by atoms with Crippen LogP contribution in [0.5, 0.6) is 5.75 Å². The molecule has 4 rings (SSSR count). The predicted molar refractivity (Wildman–Crippen MR) is 139 cm³/mol. The number of carbonyl (C=O) groups excluding carboxylic acids is 1. The Morgan fingerprint density at radius 2 is 1.83 bits per heavy atom. The summed E-state index contributed by atoms with van der Waals surface area (Å²) in [5.41, 5.74) is 8.36. The summed E-state index contributed by atoms with van der Waals surface area (Å²) in [5, 5.41) is 17.4. The molecule has 3 atom stereocenters. The number of amidine groups is 1. The molecule has 35 heavy (non-hydrogen) atoms. The minimum Gasteiger partial charge on any atom is -0.474 e. The molecule has 1 saturated heterocycles. The van der Waals surface area contributed by atoms with E-state index in [1.54, 1.807) is 23.1 Å². The van der Waals surface area contributed by atoms with E-state index < -0.39 is 6.10 Å². The summed E-state index contributed by atoms with van der Waals surface area (Å²) in [6.45, 7) is 6.27. The number of aliphatic hydroxyl groups excluding tert-OH is 1. The lowest BCUT2D eigenvalue weighted by atomic mass is 9.97. The van der Waals surface area contributed by atoms with Crippen molar-refractivity contribution in [3.8, 4) is 5.75 Å². The first kappa shape index (κ1) is 25.2. The van der Waals surface area contributed by atoms with Crippen molar-refractivity contribution in [2.45, 2.75) is 77.2 Å². The van der Waals surface area contributed by atoms with Gasteiger partial charge in [0.2, 0.25) is 6.10 Å². The Kier molecular flexibility index (Phi) is 8.08. The average Bonchev–Trinajstić information content (AvgIpc) is 2.86. The Labute approximate surface area is 208 Å². The Hall–Kier alpha value is -2.90. The van der Waals surface area contributed by atoms with Crippen molar-refractivity contribution in [1.29, 1.82) is 5.41 Å². The van der Waals surface area contributed by atoms with Crippen LogP contribution in [0.2, 0.25) is 0 Å². The number of nitrogen functional groups attached to an aromatic ring is 1. The van der Waals surface area contributed by atoms with Crippen molar-refractivity contribution >= 4 is 17.4 Å². The molecular formula is C28H38N4O3. The van der Waals surface area contributed by atoms with E-state index in [1.165, 1.54) is 19.3 Å². The fraction of sp³-hybridized carbons (Fsp3) is 0.500. The third kappa shape index (κ3) is 5.68. The second-order valence-electron chi connectivity index (χ2n) is 9.91. The molecule has 1 fully saturated rings. The highest BCUT2D eigenvalue weighted by Gasteiger charge is 2.35. The van der Waals surface area contributed by atoms with E-state index in [0.717, 1.165) is 31.4 Å². The number of carbonyl (C=O) groups is 1. The van der Waals surface area contributed by atoms with Crippen LogP contribution in [0.15, 0.2) is 42.5 Å². The van der Waals surface area contributed by atoms with Gasteiger partial charge in [0.05, 0.1) is 12.3 Å². The van der Waals surface area contributed by atoms with E-state index in [4.69, 9.17) is 15.9 Å². The van der Waals surface area contributed by atoms with E-state index in [-0.39, 0.29) is 18.3 Å². The molecule has 2 aromatic carbocycles. The molecule has 0 aromatic heterocycles. The van der Waals surface area contributed by atoms with Gasteiger partial charge in [-0.1, -0.05) is 37.1 Å². The van der Waals surface area contributed by atoms with E-state index in [2.05, 4.69) is 18.7 Å². The zero-order chi connectivity index (χ0) is 24.9. The highest BCUT2D eigenvalue weighted by Crippen LogP contribution is 2.40. The minimum absolute atomic E-state index is 0.0442. The zero-order valence-electron chi connectivity index (χ0n) is 20.9. The summed E-state index contributed by atoms with van der Waals surface area (Å²) < 4.78 is 6.13. The quantitative estimate of drug-likeness (QED) is 0.282. The van der Waals surface area contributed by atoms with Gasteiger partial charge in [-0.2, -0.15) is 0 Å². The number of fused-ring (bicyclic) bond motifs is 1. The second kappa shape index (κ2) is 11.2. The van der Waals surface area contributed by atoms with Gasteiger partial charge in [0.1, 0.15) is 11.6 Å². The Bertz CT molecular complexity index is 1050. The number of likely N-dealkylation sites (tertiary alicyclic amines) is 1. The van der Waals surface area contributed by atoms with Crippen LogP contribution in [-0.4, -0.2) is 46.9 Å². The Morgan fingerprint density at radius 1 is 1.09 bits per heavy atom. The van der Waals surface area contributed by atoms with Crippen LogP contribution in [0.3, 0.4) is 0 Å². The molecule has 2 aliphatic rings. The fourth-order valence-electron chi connectivity index (χ4n) is 5.38. The molecule has 2 aromatic rings. The van der Waals surface area contributed by atoms with E-state index in [0.29, 0.717) is 41.2 Å². The number of piperidine rings is 1. The van der Waals surface area contributed by atoms with Crippen molar-refractivity contribution in [3.63, 3.8) is 0 Å². The lowest BCUT2D eigenvalue weighted by molar-refractivity contribution is -0.126. The van der Waals surface area contributed by atoms with E-state index in [1.807, 2.05) is 24.3 Å². The summed E-state index contributed by atoms with van der Waals surface area (Å²) >= 11 is 0. The van der Waals surface area contributed by atoms with Gasteiger partial charge in [-0.05, 0) is 69.8 Å². The summed E-state index contributed by atoms with van der Waals surface area (Å²) in [6, 6.07) is 13.9. The molecule has 4 N–H and O–H groups in total. The van der Waals surface area contributed by atoms with Crippen LogP contribution in [0.1, 0.15) is 75.2 Å². The second-order valence-corrected chi connectivity index (χ2v) is 9.91. The van der Waals surface area contributed by atoms with E-state index in [9.17, 15) is 9.90 Å². The van der Waals surface area contributed by atoms with Gasteiger partial charge in [0, 0.05) is 29.8 Å². The molecule has 0 bridgehead atoms. The standard InChI is InChI=1S/C28H38N4O3/c1-19-8-6-9-20(2)31(19)14-4-3-5-15-32-24-16-21(18-33)12-13-25(24)35-26(28(32)34)22-10-7-11-23(17-22)27(29)30/h7,10-13,16-17,19-20,26,33H,3-6,8-9,14-15,18H2,1-2H3,(H3,29,30)/t19-,20+,26?. The molecule has 188 valence electrons. The zero-order valence-corrected chi connectivity index (χ0v) is 20.9. The van der Waals surface area contributed by atoms with Gasteiger partial charge in [-0.15, -0.1) is 0 Å². The van der Waals surface area contributed by atoms with Crippen LogP contribution < -0.4 is 15.4 Å². The molecule has 2 heterocycles. The summed E-state index contributed by atoms with van der Waals surface area (Å²) in [6.07, 6.45) is 6.14. The number of amides is 1. The van der Waals surface area contributed by atoms with Crippen molar-refractivity contribution in [2.75, 3.05) is 18.0 Å². The van der Waals surface area contributed by atoms with Crippen molar-refractivity contribution < 1.29 is 14.6 Å². The number of nitrogens with one attached hydrogen (secondary N) is 1. The molecule has 7 heteroatoms. The number of ether oxygens (including phenoxy) is 1. The van der Waals surface area contributed by atoms with Crippen LogP contribution in [0.25, 0.3) is 0 Å². The van der Waals surface area contributed by atoms with Crippen molar-refractivity contribution in [2.24, 2.45) is 5.73 Å². The maximum Gasteiger partial charge on any atom is 0.272 e. The van der Waals surface area contributed by atoms with Crippen LogP contribution in [0.4, 0.5) is 5.69 Å². The van der Waals surface area contributed by atoms with Crippen LogP contribution >= 0.6 is 0 Å². The number of hydrogen-bond donors (Lipinski definition) is 3. The Morgan fingerprint density at radius 3 is 2.54 bits per heavy atom. The molecule has 2 aliphatic heterocycles. The topological polar surface area (TPSA) is 103 Å². The van der Waals surface area contributed by atoms with E-state index >= 15 is 0 Å². The van der Waals surface area contributed by atoms with Crippen molar-refractivity contribution in [1.82, 2.24) is 4.90 Å². The molecule has 0 aliphatic carbocycles. The first-order chi connectivity index (χ1) is 16.9. The van der Waals surface area contributed by atoms with Crippen molar-refractivity contribution in [3.05, 3.63) is 59.2 Å². The number of benzene rings is 2. The fourth-order valence-corrected chi connectivity index (χ4v) is 5.38. The third-order valence-electron chi connectivity index (χ3n) is 7.41. The average molecular weight is 479 g/mol. The lowest BCUT2D eigenvalue weighted by Crippen LogP contribution is -2.44. The number of rotatable bonds is 9. The largest absolute Gasteiger partial charge is 0.474 e. The molecule has 0 radical (unpaired) electrons. The molecule has 7 nitrogen and oxygen atoms in total. The van der Waals surface area contributed by atoms with Gasteiger partial charge in [-0.25, -0.2) is 0 Å². The minimum atomic E-state index is -0.795. The summed E-state index contributed by atoms with van der Waals surface area (Å²) in [7, 11) is 0. The number of aliphatic hydroxyl groups is 1. The normalized spacial score (nSPS) is 22.5. The van der Waals surface area contributed by atoms with Gasteiger partial charge in [-0.3, -0.25) is 15.1 Å². The van der Waals surface area contributed by atoms with Gasteiger partial charge in [0.15, 0.2) is 0 Å². The third-order valence-corrected chi connectivity index (χ3v) is 7.41. The maximum absolute atomic E-state index is 13.6. The van der Waals surface area contributed by atoms with Crippen LogP contribution in [0, 0.1) is 5.41 Å². The number of hydrogen-bond acceptors (Lipinski definition) is 5. The molecule has 0 spiro atoms. The summed E-state index contributed by atoms with van der Waals surface area (Å²) in [4.78, 5) is 18.0.